The summed E-state index contributed by atoms with van der Waals surface area (Å²) in [6, 6.07) is 0. The highest BCUT2D eigenvalue weighted by Gasteiger charge is 2.25. The van der Waals surface area contributed by atoms with Crippen LogP contribution in [0.5, 0.6) is 0 Å². The quantitative estimate of drug-likeness (QED) is 0.726. The van der Waals surface area contributed by atoms with Crippen molar-refractivity contribution in [3.63, 3.8) is 0 Å². The number of carbonyl (C=O) groups excluding carboxylic acids is 1. The van der Waals surface area contributed by atoms with Crippen molar-refractivity contribution in [1.82, 2.24) is 10.4 Å². The zero-order valence-electron chi connectivity index (χ0n) is 10.7. The second-order valence-electron chi connectivity index (χ2n) is 4.77. The topological polar surface area (TPSA) is 41.6 Å². The molecule has 16 heavy (non-hydrogen) atoms. The second-order valence-corrected chi connectivity index (χ2v) is 4.77. The van der Waals surface area contributed by atoms with Gasteiger partial charge in [-0.1, -0.05) is 6.92 Å². The van der Waals surface area contributed by atoms with Gasteiger partial charge in [0.2, 0.25) is 5.91 Å². The van der Waals surface area contributed by atoms with Gasteiger partial charge in [-0.2, -0.15) is 0 Å². The predicted molar refractivity (Wildman–Crippen MR) is 63.8 cm³/mol. The number of likely N-dealkylation sites (tertiary alicyclic amines) is 1. The van der Waals surface area contributed by atoms with Crippen LogP contribution in [-0.4, -0.2) is 36.5 Å². The molecule has 0 aromatic rings. The van der Waals surface area contributed by atoms with Crippen molar-refractivity contribution >= 4 is 5.91 Å². The summed E-state index contributed by atoms with van der Waals surface area (Å²) in [5.41, 5.74) is 2.55. The van der Waals surface area contributed by atoms with Gasteiger partial charge in [0.05, 0.1) is 12.0 Å². The lowest BCUT2D eigenvalue weighted by Crippen LogP contribution is -2.43. The van der Waals surface area contributed by atoms with Crippen molar-refractivity contribution in [3.8, 4) is 0 Å². The molecule has 0 aromatic heterocycles. The van der Waals surface area contributed by atoms with Crippen LogP contribution in [0.1, 0.15) is 40.0 Å². The third-order valence-electron chi connectivity index (χ3n) is 2.81. The first-order valence-corrected chi connectivity index (χ1v) is 6.31. The van der Waals surface area contributed by atoms with Gasteiger partial charge in [0.25, 0.3) is 0 Å². The molecule has 1 N–H and O–H groups in total. The van der Waals surface area contributed by atoms with Crippen LogP contribution in [-0.2, 0) is 9.63 Å². The molecule has 1 heterocycles. The Morgan fingerprint density at radius 1 is 1.56 bits per heavy atom. The van der Waals surface area contributed by atoms with Gasteiger partial charge in [0.1, 0.15) is 0 Å². The Morgan fingerprint density at radius 3 is 2.94 bits per heavy atom. The molecule has 0 bridgehead atoms. The summed E-state index contributed by atoms with van der Waals surface area (Å²) < 4.78 is 0. The highest BCUT2D eigenvalue weighted by Crippen LogP contribution is 2.16. The summed E-state index contributed by atoms with van der Waals surface area (Å²) in [4.78, 5) is 19.3. The van der Waals surface area contributed by atoms with E-state index in [0.717, 1.165) is 38.9 Å². The molecule has 94 valence electrons. The highest BCUT2D eigenvalue weighted by atomic mass is 16.7. The zero-order valence-corrected chi connectivity index (χ0v) is 10.7. The molecule has 1 aliphatic rings. The van der Waals surface area contributed by atoms with Crippen LogP contribution in [0, 0.1) is 5.92 Å². The smallest absolute Gasteiger partial charge is 0.247 e. The number of amides is 1. The van der Waals surface area contributed by atoms with E-state index in [-0.39, 0.29) is 17.9 Å². The number of hydroxylamine groups is 1. The second kappa shape index (κ2) is 6.86. The van der Waals surface area contributed by atoms with E-state index in [9.17, 15) is 4.79 Å². The molecule has 4 heteroatoms. The largest absolute Gasteiger partial charge is 0.303 e. The number of hydrogen-bond donors (Lipinski definition) is 1. The minimum atomic E-state index is 0.0366. The van der Waals surface area contributed by atoms with Crippen molar-refractivity contribution in [3.05, 3.63) is 0 Å². The van der Waals surface area contributed by atoms with Gasteiger partial charge in [-0.15, -0.1) is 0 Å². The fourth-order valence-electron chi connectivity index (χ4n) is 2.05. The van der Waals surface area contributed by atoms with Crippen LogP contribution >= 0.6 is 0 Å². The van der Waals surface area contributed by atoms with E-state index in [1.807, 2.05) is 13.8 Å². The van der Waals surface area contributed by atoms with Gasteiger partial charge >= 0.3 is 0 Å². The van der Waals surface area contributed by atoms with Crippen LogP contribution in [0.15, 0.2) is 0 Å². The van der Waals surface area contributed by atoms with Crippen LogP contribution < -0.4 is 5.48 Å². The normalized spacial score (nSPS) is 22.4. The molecule has 0 unspecified atom stereocenters. The monoisotopic (exact) mass is 228 g/mol. The fourth-order valence-corrected chi connectivity index (χ4v) is 2.05. The summed E-state index contributed by atoms with van der Waals surface area (Å²) in [6.45, 7) is 9.08. The minimum Gasteiger partial charge on any atom is -0.303 e. The number of hydrogen-bond acceptors (Lipinski definition) is 3. The van der Waals surface area contributed by atoms with E-state index in [4.69, 9.17) is 4.84 Å². The van der Waals surface area contributed by atoms with Crippen molar-refractivity contribution in [1.29, 1.82) is 0 Å². The van der Waals surface area contributed by atoms with Crippen molar-refractivity contribution in [2.45, 2.75) is 46.1 Å². The number of nitrogens with zero attached hydrogens (tertiary/aromatic N) is 1. The Kier molecular flexibility index (Phi) is 5.77. The third-order valence-corrected chi connectivity index (χ3v) is 2.81. The fraction of sp³-hybridized carbons (Fsp3) is 0.917. The van der Waals surface area contributed by atoms with Crippen molar-refractivity contribution in [2.24, 2.45) is 5.92 Å². The standard InChI is InChI=1S/C12H24N2O2/c1-4-7-14-8-5-6-11(9-14)12(15)13-16-10(2)3/h10-11H,4-9H2,1-3H3,(H,13,15)/t11-/m0/s1. The molecule has 0 aliphatic carbocycles. The molecule has 4 nitrogen and oxygen atoms in total. The number of rotatable bonds is 5. The molecule has 1 rings (SSSR count). The van der Waals surface area contributed by atoms with Crippen LogP contribution in [0.25, 0.3) is 0 Å². The lowest BCUT2D eigenvalue weighted by molar-refractivity contribution is -0.142. The average Bonchev–Trinajstić information content (AvgIpc) is 2.26. The van der Waals surface area contributed by atoms with Gasteiger partial charge < -0.3 is 4.90 Å². The Hall–Kier alpha value is -0.610. The van der Waals surface area contributed by atoms with Crippen LogP contribution in [0.4, 0.5) is 0 Å². The summed E-state index contributed by atoms with van der Waals surface area (Å²) in [7, 11) is 0. The number of piperidine rings is 1. The molecular weight excluding hydrogens is 204 g/mol. The maximum Gasteiger partial charge on any atom is 0.247 e. The number of nitrogens with one attached hydrogen (secondary N) is 1. The Balaban J connectivity index is 2.32. The van der Waals surface area contributed by atoms with Crippen molar-refractivity contribution < 1.29 is 9.63 Å². The molecular formula is C12H24N2O2. The first kappa shape index (κ1) is 13.5. The van der Waals surface area contributed by atoms with Crippen LogP contribution in [0.2, 0.25) is 0 Å². The third kappa shape index (κ3) is 4.49. The Labute approximate surface area is 98.3 Å². The average molecular weight is 228 g/mol. The van der Waals surface area contributed by atoms with E-state index in [2.05, 4.69) is 17.3 Å². The van der Waals surface area contributed by atoms with Gasteiger partial charge in [-0.05, 0) is 46.2 Å². The first-order chi connectivity index (χ1) is 7.63. The maximum atomic E-state index is 11.8. The molecule has 1 saturated heterocycles. The maximum absolute atomic E-state index is 11.8. The molecule has 1 amide bonds. The lowest BCUT2D eigenvalue weighted by atomic mass is 9.97. The van der Waals surface area contributed by atoms with Gasteiger partial charge in [-0.3, -0.25) is 9.63 Å². The molecule has 1 atom stereocenters. The Morgan fingerprint density at radius 2 is 2.31 bits per heavy atom. The van der Waals surface area contributed by atoms with E-state index >= 15 is 0 Å². The molecule has 0 saturated carbocycles. The van der Waals surface area contributed by atoms with Crippen LogP contribution in [0.3, 0.4) is 0 Å². The SMILES string of the molecule is CCCN1CCC[C@H](C(=O)NOC(C)C)C1. The van der Waals surface area contributed by atoms with Gasteiger partial charge in [0, 0.05) is 6.54 Å². The zero-order chi connectivity index (χ0) is 12.0. The van der Waals surface area contributed by atoms with E-state index < -0.39 is 0 Å². The molecule has 0 radical (unpaired) electrons. The molecule has 0 spiro atoms. The first-order valence-electron chi connectivity index (χ1n) is 6.31. The Bertz CT molecular complexity index is 217. The lowest BCUT2D eigenvalue weighted by Gasteiger charge is -2.31. The van der Waals surface area contributed by atoms with Crippen molar-refractivity contribution in [2.75, 3.05) is 19.6 Å². The highest BCUT2D eigenvalue weighted by molar-refractivity contribution is 5.77. The van der Waals surface area contributed by atoms with E-state index in [1.54, 1.807) is 0 Å². The summed E-state index contributed by atoms with van der Waals surface area (Å²) >= 11 is 0. The van der Waals surface area contributed by atoms with Gasteiger partial charge in [-0.25, -0.2) is 5.48 Å². The summed E-state index contributed by atoms with van der Waals surface area (Å²) in [5, 5.41) is 0. The molecule has 1 aliphatic heterocycles. The summed E-state index contributed by atoms with van der Waals surface area (Å²) in [5.74, 6) is 0.133. The predicted octanol–water partition coefficient (Wildman–Crippen LogP) is 1.56. The molecule has 0 aromatic carbocycles. The van der Waals surface area contributed by atoms with E-state index in [1.165, 1.54) is 0 Å². The van der Waals surface area contributed by atoms with Gasteiger partial charge in [0.15, 0.2) is 0 Å². The minimum absolute atomic E-state index is 0.0366. The molecule has 1 fully saturated rings. The summed E-state index contributed by atoms with van der Waals surface area (Å²) in [6.07, 6.45) is 3.28. The van der Waals surface area contributed by atoms with E-state index in [0.29, 0.717) is 0 Å². The number of carbonyl (C=O) groups is 1.